The van der Waals surface area contributed by atoms with Crippen LogP contribution in [-0.4, -0.2) is 21.8 Å². The number of nitro groups is 1. The van der Waals surface area contributed by atoms with E-state index in [4.69, 9.17) is 9.84 Å². The molecule has 7 nitrogen and oxygen atoms in total. The monoisotopic (exact) mass is 433 g/mol. The van der Waals surface area contributed by atoms with Crippen molar-refractivity contribution < 1.29 is 24.4 Å². The Hall–Kier alpha value is -4.00. The zero-order valence-corrected chi connectivity index (χ0v) is 17.6. The molecule has 1 N–H and O–H groups in total. The summed E-state index contributed by atoms with van der Waals surface area (Å²) >= 11 is 0. The number of rotatable bonds is 10. The average Bonchev–Trinajstić information content (AvgIpc) is 2.79. The fraction of sp³-hybridized carbons (Fsp3) is 0.200. The molecule has 0 heterocycles. The molecule has 0 aliphatic carbocycles. The molecule has 0 saturated carbocycles. The molecule has 1 atom stereocenters. The van der Waals surface area contributed by atoms with Crippen molar-refractivity contribution in [1.29, 1.82) is 0 Å². The molecule has 0 aliphatic heterocycles. The molecular formula is C25H23NO6. The molecule has 3 aromatic carbocycles. The second kappa shape index (κ2) is 10.3. The van der Waals surface area contributed by atoms with Crippen molar-refractivity contribution in [3.8, 4) is 5.75 Å². The molecule has 164 valence electrons. The minimum atomic E-state index is -0.953. The number of Topliss-reactive ketones (excluding diaryl/α,β-unsaturated/α-hetero) is 1. The van der Waals surface area contributed by atoms with Crippen LogP contribution >= 0.6 is 0 Å². The SMILES string of the molecule is Cc1ccccc1[C@H](CCC(=O)O)C(=O)c1cccc(OCc2cccc([N+](=O)[O-])c2)c1. The highest BCUT2D eigenvalue weighted by Crippen LogP contribution is 2.29. The van der Waals surface area contributed by atoms with Gasteiger partial charge in [-0.25, -0.2) is 0 Å². The Morgan fingerprint density at radius 2 is 1.78 bits per heavy atom. The Morgan fingerprint density at radius 1 is 1.03 bits per heavy atom. The van der Waals surface area contributed by atoms with E-state index in [1.807, 2.05) is 31.2 Å². The zero-order valence-electron chi connectivity index (χ0n) is 17.6. The van der Waals surface area contributed by atoms with E-state index in [1.54, 1.807) is 36.4 Å². The van der Waals surface area contributed by atoms with Gasteiger partial charge >= 0.3 is 5.97 Å². The van der Waals surface area contributed by atoms with Crippen molar-refractivity contribution in [3.63, 3.8) is 0 Å². The van der Waals surface area contributed by atoms with Crippen molar-refractivity contribution in [2.75, 3.05) is 0 Å². The molecule has 0 saturated heterocycles. The number of nitro benzene ring substituents is 1. The quantitative estimate of drug-likeness (QED) is 0.264. The zero-order chi connectivity index (χ0) is 23.1. The first kappa shape index (κ1) is 22.7. The lowest BCUT2D eigenvalue weighted by atomic mass is 9.85. The Balaban J connectivity index is 1.80. The highest BCUT2D eigenvalue weighted by Gasteiger charge is 2.24. The van der Waals surface area contributed by atoms with Gasteiger partial charge in [0.15, 0.2) is 5.78 Å². The number of carbonyl (C=O) groups excluding carboxylic acids is 1. The standard InChI is InChI=1S/C25H23NO6/c1-17-6-2-3-11-22(17)23(12-13-24(27)28)25(29)19-8-5-10-21(15-19)32-16-18-7-4-9-20(14-18)26(30)31/h2-11,14-15,23H,12-13,16H2,1H3,(H,27,28)/t23-/m0/s1. The summed E-state index contributed by atoms with van der Waals surface area (Å²) in [5, 5.41) is 20.1. The van der Waals surface area contributed by atoms with Gasteiger partial charge < -0.3 is 9.84 Å². The summed E-state index contributed by atoms with van der Waals surface area (Å²) in [6.07, 6.45) is 0.0749. The van der Waals surface area contributed by atoms with Gasteiger partial charge in [-0.1, -0.05) is 48.5 Å². The number of hydrogen-bond acceptors (Lipinski definition) is 5. The maximum absolute atomic E-state index is 13.3. The van der Waals surface area contributed by atoms with E-state index in [9.17, 15) is 19.7 Å². The number of aliphatic carboxylic acids is 1. The lowest BCUT2D eigenvalue weighted by molar-refractivity contribution is -0.384. The van der Waals surface area contributed by atoms with Gasteiger partial charge in [0.1, 0.15) is 12.4 Å². The van der Waals surface area contributed by atoms with Gasteiger partial charge in [0.25, 0.3) is 5.69 Å². The normalized spacial score (nSPS) is 11.5. The summed E-state index contributed by atoms with van der Waals surface area (Å²) in [5.41, 5.74) is 2.76. The molecule has 3 rings (SSSR count). The van der Waals surface area contributed by atoms with Crippen LogP contribution in [0.5, 0.6) is 5.75 Å². The topological polar surface area (TPSA) is 107 Å². The molecule has 0 aromatic heterocycles. The van der Waals surface area contributed by atoms with Crippen LogP contribution in [0.4, 0.5) is 5.69 Å². The van der Waals surface area contributed by atoms with Crippen LogP contribution in [-0.2, 0) is 11.4 Å². The van der Waals surface area contributed by atoms with Crippen LogP contribution in [0.1, 0.15) is 45.8 Å². The minimum absolute atomic E-state index is 0.0190. The Bertz CT molecular complexity index is 1140. The average molecular weight is 433 g/mol. The van der Waals surface area contributed by atoms with Gasteiger partial charge in [-0.3, -0.25) is 19.7 Å². The van der Waals surface area contributed by atoms with E-state index >= 15 is 0 Å². The molecule has 3 aromatic rings. The number of hydrogen-bond donors (Lipinski definition) is 1. The number of ketones is 1. The number of carboxylic acid groups (broad SMARTS) is 1. The second-order valence-electron chi connectivity index (χ2n) is 7.45. The Kier molecular flexibility index (Phi) is 7.33. The molecular weight excluding hydrogens is 410 g/mol. The van der Waals surface area contributed by atoms with E-state index in [2.05, 4.69) is 0 Å². The predicted molar refractivity (Wildman–Crippen MR) is 119 cm³/mol. The lowest BCUT2D eigenvalue weighted by Gasteiger charge is -2.18. The summed E-state index contributed by atoms with van der Waals surface area (Å²) in [4.78, 5) is 34.9. The third-order valence-corrected chi connectivity index (χ3v) is 5.17. The molecule has 7 heteroatoms. The number of carbonyl (C=O) groups is 2. The number of non-ortho nitro benzene ring substituents is 1. The minimum Gasteiger partial charge on any atom is -0.489 e. The van der Waals surface area contributed by atoms with E-state index in [0.717, 1.165) is 11.1 Å². The second-order valence-corrected chi connectivity index (χ2v) is 7.45. The summed E-state index contributed by atoms with van der Waals surface area (Å²) < 4.78 is 5.76. The van der Waals surface area contributed by atoms with Crippen molar-refractivity contribution in [2.45, 2.75) is 32.3 Å². The lowest BCUT2D eigenvalue weighted by Crippen LogP contribution is -2.16. The summed E-state index contributed by atoms with van der Waals surface area (Å²) in [5.74, 6) is -1.27. The summed E-state index contributed by atoms with van der Waals surface area (Å²) in [7, 11) is 0. The van der Waals surface area contributed by atoms with Crippen LogP contribution in [0.2, 0.25) is 0 Å². The maximum Gasteiger partial charge on any atom is 0.303 e. The van der Waals surface area contributed by atoms with Crippen molar-refractivity contribution in [2.24, 2.45) is 0 Å². The number of benzene rings is 3. The first-order valence-corrected chi connectivity index (χ1v) is 10.1. The molecule has 0 bridgehead atoms. The van der Waals surface area contributed by atoms with Crippen LogP contribution < -0.4 is 4.74 Å². The van der Waals surface area contributed by atoms with Crippen LogP contribution in [0.25, 0.3) is 0 Å². The number of ether oxygens (including phenoxy) is 1. The van der Waals surface area contributed by atoms with Crippen LogP contribution in [0, 0.1) is 17.0 Å². The maximum atomic E-state index is 13.3. The van der Waals surface area contributed by atoms with Crippen molar-refractivity contribution >= 4 is 17.4 Å². The van der Waals surface area contributed by atoms with E-state index in [-0.39, 0.29) is 30.9 Å². The smallest absolute Gasteiger partial charge is 0.303 e. The number of nitrogens with zero attached hydrogens (tertiary/aromatic N) is 1. The third kappa shape index (κ3) is 5.78. The van der Waals surface area contributed by atoms with Gasteiger partial charge in [-0.15, -0.1) is 0 Å². The molecule has 0 radical (unpaired) electrons. The molecule has 0 fully saturated rings. The highest BCUT2D eigenvalue weighted by atomic mass is 16.6. The largest absolute Gasteiger partial charge is 0.489 e. The van der Waals surface area contributed by atoms with Gasteiger partial charge in [0, 0.05) is 30.0 Å². The van der Waals surface area contributed by atoms with Gasteiger partial charge in [-0.05, 0) is 42.2 Å². The van der Waals surface area contributed by atoms with E-state index in [1.165, 1.54) is 12.1 Å². The predicted octanol–water partition coefficient (Wildman–Crippen LogP) is 5.31. The molecule has 32 heavy (non-hydrogen) atoms. The van der Waals surface area contributed by atoms with Crippen molar-refractivity contribution in [3.05, 3.63) is 105 Å². The van der Waals surface area contributed by atoms with Gasteiger partial charge in [-0.2, -0.15) is 0 Å². The van der Waals surface area contributed by atoms with Gasteiger partial charge in [0.2, 0.25) is 0 Å². The number of aryl methyl sites for hydroxylation is 1. The summed E-state index contributed by atoms with van der Waals surface area (Å²) in [6, 6.07) is 20.3. The third-order valence-electron chi connectivity index (χ3n) is 5.17. The molecule has 0 amide bonds. The van der Waals surface area contributed by atoms with Crippen LogP contribution in [0.3, 0.4) is 0 Å². The van der Waals surface area contributed by atoms with E-state index in [0.29, 0.717) is 16.9 Å². The highest BCUT2D eigenvalue weighted by molar-refractivity contribution is 6.01. The first-order chi connectivity index (χ1) is 15.3. The fourth-order valence-corrected chi connectivity index (χ4v) is 3.54. The Morgan fingerprint density at radius 3 is 2.50 bits per heavy atom. The summed E-state index contributed by atoms with van der Waals surface area (Å²) in [6.45, 7) is 2.01. The fourth-order valence-electron chi connectivity index (χ4n) is 3.54. The first-order valence-electron chi connectivity index (χ1n) is 10.1. The number of carboxylic acids is 1. The van der Waals surface area contributed by atoms with Gasteiger partial charge in [0.05, 0.1) is 4.92 Å². The van der Waals surface area contributed by atoms with Crippen molar-refractivity contribution in [1.82, 2.24) is 0 Å². The Labute approximate surface area is 185 Å². The molecule has 0 spiro atoms. The van der Waals surface area contributed by atoms with E-state index < -0.39 is 16.8 Å². The molecule has 0 unspecified atom stereocenters. The van der Waals surface area contributed by atoms with Crippen LogP contribution in [0.15, 0.2) is 72.8 Å². The molecule has 0 aliphatic rings.